The lowest BCUT2D eigenvalue weighted by Crippen LogP contribution is -2.30. The minimum atomic E-state index is 0.890. The van der Waals surface area contributed by atoms with Crippen molar-refractivity contribution < 1.29 is 4.74 Å². The Morgan fingerprint density at radius 3 is 2.42 bits per heavy atom. The smallest absolute Gasteiger partial charge is 0.127 e. The van der Waals surface area contributed by atoms with Crippen LogP contribution >= 0.6 is 0 Å². The summed E-state index contributed by atoms with van der Waals surface area (Å²) in [7, 11) is 1.70. The van der Waals surface area contributed by atoms with Crippen LogP contribution < -0.4 is 9.64 Å². The molecule has 1 aromatic heterocycles. The Hall–Kier alpha value is -2.14. The third-order valence-electron chi connectivity index (χ3n) is 4.51. The van der Waals surface area contributed by atoms with E-state index in [1.54, 1.807) is 7.11 Å². The minimum absolute atomic E-state index is 0.890. The maximum Gasteiger partial charge on any atom is 0.127 e. The number of aromatic nitrogens is 2. The van der Waals surface area contributed by atoms with Gasteiger partial charge in [-0.1, -0.05) is 6.92 Å². The number of methoxy groups -OCH3 is 1. The second kappa shape index (κ2) is 8.11. The van der Waals surface area contributed by atoms with Gasteiger partial charge in [0.05, 0.1) is 7.11 Å². The van der Waals surface area contributed by atoms with Crippen LogP contribution in [0, 0.1) is 0 Å². The normalized spacial score (nSPS) is 16.0. The van der Waals surface area contributed by atoms with E-state index in [9.17, 15) is 0 Å². The highest BCUT2D eigenvalue weighted by Gasteiger charge is 2.15. The van der Waals surface area contributed by atoms with Crippen molar-refractivity contribution in [1.29, 1.82) is 0 Å². The van der Waals surface area contributed by atoms with Crippen molar-refractivity contribution in [3.05, 3.63) is 48.0 Å². The third kappa shape index (κ3) is 4.23. The van der Waals surface area contributed by atoms with Gasteiger partial charge in [-0.2, -0.15) is 0 Å². The highest BCUT2D eigenvalue weighted by atomic mass is 16.5. The zero-order valence-corrected chi connectivity index (χ0v) is 14.6. The predicted molar refractivity (Wildman–Crippen MR) is 96.5 cm³/mol. The molecule has 3 rings (SSSR count). The van der Waals surface area contributed by atoms with Gasteiger partial charge in [0.2, 0.25) is 0 Å². The van der Waals surface area contributed by atoms with Gasteiger partial charge < -0.3 is 9.64 Å². The van der Waals surface area contributed by atoms with Gasteiger partial charge in [0.1, 0.15) is 11.6 Å². The topological polar surface area (TPSA) is 41.5 Å². The van der Waals surface area contributed by atoms with E-state index < -0.39 is 0 Å². The van der Waals surface area contributed by atoms with Crippen LogP contribution in [-0.4, -0.2) is 48.2 Å². The molecule has 5 nitrogen and oxygen atoms in total. The number of hydrogen-bond acceptors (Lipinski definition) is 5. The Morgan fingerprint density at radius 2 is 1.75 bits per heavy atom. The summed E-state index contributed by atoms with van der Waals surface area (Å²) in [4.78, 5) is 13.8. The molecule has 2 heterocycles. The second-order valence-corrected chi connectivity index (χ2v) is 6.18. The summed E-state index contributed by atoms with van der Waals surface area (Å²) >= 11 is 0. The van der Waals surface area contributed by atoms with E-state index in [4.69, 9.17) is 4.74 Å². The van der Waals surface area contributed by atoms with E-state index in [0.717, 1.165) is 50.7 Å². The highest BCUT2D eigenvalue weighted by molar-refractivity contribution is 5.49. The average molecular weight is 326 g/mol. The molecule has 0 amide bonds. The van der Waals surface area contributed by atoms with Crippen LogP contribution in [0.3, 0.4) is 0 Å². The van der Waals surface area contributed by atoms with E-state index in [-0.39, 0.29) is 0 Å². The van der Waals surface area contributed by atoms with E-state index in [0.29, 0.717) is 0 Å². The molecule has 2 aromatic rings. The minimum Gasteiger partial charge on any atom is -0.497 e. The maximum atomic E-state index is 5.24. The molecule has 1 aliphatic heterocycles. The molecular formula is C19H26N4O. The molecule has 0 atom stereocenters. The molecule has 128 valence electrons. The molecule has 0 aliphatic carbocycles. The van der Waals surface area contributed by atoms with Crippen molar-refractivity contribution in [1.82, 2.24) is 14.9 Å². The largest absolute Gasteiger partial charge is 0.497 e. The standard InChI is InChI=1S/C19H26N4O/c1-3-19-20-13-16(14-21-19)15-22-9-4-10-23(12-11-22)17-5-7-18(24-2)8-6-17/h5-8,13-14H,3-4,9-12,15H2,1-2H3. The lowest BCUT2D eigenvalue weighted by atomic mass is 10.2. The summed E-state index contributed by atoms with van der Waals surface area (Å²) in [5.41, 5.74) is 2.47. The molecule has 24 heavy (non-hydrogen) atoms. The molecule has 0 N–H and O–H groups in total. The molecule has 1 fully saturated rings. The first-order chi connectivity index (χ1) is 11.8. The quantitative estimate of drug-likeness (QED) is 0.845. The fraction of sp³-hybridized carbons (Fsp3) is 0.474. The number of aryl methyl sites for hydroxylation is 1. The monoisotopic (exact) mass is 326 g/mol. The van der Waals surface area contributed by atoms with Crippen molar-refractivity contribution in [2.24, 2.45) is 0 Å². The van der Waals surface area contributed by atoms with Gasteiger partial charge in [-0.15, -0.1) is 0 Å². The van der Waals surface area contributed by atoms with Crippen LogP contribution in [0.2, 0.25) is 0 Å². The molecule has 0 bridgehead atoms. The highest BCUT2D eigenvalue weighted by Crippen LogP contribution is 2.21. The number of hydrogen-bond donors (Lipinski definition) is 0. The van der Waals surface area contributed by atoms with E-state index >= 15 is 0 Å². The van der Waals surface area contributed by atoms with Crippen LogP contribution in [0.1, 0.15) is 24.7 Å². The summed E-state index contributed by atoms with van der Waals surface area (Å²) in [6, 6.07) is 8.35. The summed E-state index contributed by atoms with van der Waals surface area (Å²) in [6.45, 7) is 7.32. The van der Waals surface area contributed by atoms with Crippen LogP contribution in [0.15, 0.2) is 36.7 Å². The first-order valence-corrected chi connectivity index (χ1v) is 8.69. The number of benzene rings is 1. The van der Waals surface area contributed by atoms with E-state index in [2.05, 4.69) is 38.8 Å². The Kier molecular flexibility index (Phi) is 5.64. The van der Waals surface area contributed by atoms with Crippen molar-refractivity contribution in [2.45, 2.75) is 26.3 Å². The molecular weight excluding hydrogens is 300 g/mol. The van der Waals surface area contributed by atoms with Crippen LogP contribution in [-0.2, 0) is 13.0 Å². The zero-order chi connectivity index (χ0) is 16.8. The van der Waals surface area contributed by atoms with Crippen LogP contribution in [0.4, 0.5) is 5.69 Å². The zero-order valence-electron chi connectivity index (χ0n) is 14.6. The Morgan fingerprint density at radius 1 is 1.00 bits per heavy atom. The molecule has 0 unspecified atom stereocenters. The maximum absolute atomic E-state index is 5.24. The number of rotatable bonds is 5. The lowest BCUT2D eigenvalue weighted by molar-refractivity contribution is 0.284. The summed E-state index contributed by atoms with van der Waals surface area (Å²) in [5.74, 6) is 1.83. The molecule has 1 saturated heterocycles. The van der Waals surface area contributed by atoms with Crippen LogP contribution in [0.25, 0.3) is 0 Å². The summed E-state index contributed by atoms with van der Waals surface area (Å²) in [5, 5.41) is 0. The van der Waals surface area contributed by atoms with Gasteiger partial charge in [0.15, 0.2) is 0 Å². The van der Waals surface area contributed by atoms with Gasteiger partial charge in [-0.05, 0) is 30.7 Å². The summed E-state index contributed by atoms with van der Waals surface area (Å²) < 4.78 is 5.24. The van der Waals surface area contributed by atoms with Crippen LogP contribution in [0.5, 0.6) is 5.75 Å². The first-order valence-electron chi connectivity index (χ1n) is 8.69. The van der Waals surface area contributed by atoms with Crippen molar-refractivity contribution >= 4 is 5.69 Å². The van der Waals surface area contributed by atoms with Gasteiger partial charge in [0.25, 0.3) is 0 Å². The van der Waals surface area contributed by atoms with E-state index in [1.807, 2.05) is 24.5 Å². The fourth-order valence-electron chi connectivity index (χ4n) is 3.08. The predicted octanol–water partition coefficient (Wildman–Crippen LogP) is 2.76. The third-order valence-corrected chi connectivity index (χ3v) is 4.51. The van der Waals surface area contributed by atoms with Gasteiger partial charge in [0, 0.05) is 62.8 Å². The van der Waals surface area contributed by atoms with Gasteiger partial charge in [-0.25, -0.2) is 9.97 Å². The lowest BCUT2D eigenvalue weighted by Gasteiger charge is -2.23. The second-order valence-electron chi connectivity index (χ2n) is 6.18. The molecule has 1 aliphatic rings. The van der Waals surface area contributed by atoms with Crippen molar-refractivity contribution in [2.75, 3.05) is 38.2 Å². The fourth-order valence-corrected chi connectivity index (χ4v) is 3.08. The SMILES string of the molecule is CCc1ncc(CN2CCCN(c3ccc(OC)cc3)CC2)cn1. The van der Waals surface area contributed by atoms with Crippen molar-refractivity contribution in [3.63, 3.8) is 0 Å². The number of nitrogens with zero attached hydrogens (tertiary/aromatic N) is 4. The Bertz CT molecular complexity index is 627. The molecule has 1 aromatic carbocycles. The van der Waals surface area contributed by atoms with E-state index in [1.165, 1.54) is 17.7 Å². The molecule has 0 spiro atoms. The average Bonchev–Trinajstić information content (AvgIpc) is 2.88. The van der Waals surface area contributed by atoms with Gasteiger partial charge in [-0.3, -0.25) is 4.90 Å². The van der Waals surface area contributed by atoms with Crippen molar-refractivity contribution in [3.8, 4) is 5.75 Å². The number of anilines is 1. The Labute approximate surface area is 144 Å². The Balaban J connectivity index is 1.57. The molecule has 5 heteroatoms. The first kappa shape index (κ1) is 16.7. The molecule has 0 saturated carbocycles. The number of ether oxygens (including phenoxy) is 1. The molecule has 0 radical (unpaired) electrons. The van der Waals surface area contributed by atoms with Gasteiger partial charge >= 0.3 is 0 Å². The summed E-state index contributed by atoms with van der Waals surface area (Å²) in [6.07, 6.45) is 6.00.